The fraction of sp³-hybridized carbons (Fsp3) is 0.222. The van der Waals surface area contributed by atoms with Gasteiger partial charge in [0.15, 0.2) is 0 Å². The highest BCUT2D eigenvalue weighted by Crippen LogP contribution is 2.37. The van der Waals surface area contributed by atoms with Crippen LogP contribution in [0.2, 0.25) is 0 Å². The summed E-state index contributed by atoms with van der Waals surface area (Å²) in [6, 6.07) is 13.9. The van der Waals surface area contributed by atoms with Crippen LogP contribution in [-0.2, 0) is 17.6 Å². The van der Waals surface area contributed by atoms with Crippen LogP contribution in [0, 0.1) is 13.8 Å². The molecule has 0 saturated heterocycles. The molecule has 2 aromatic carbocycles. The number of hydrogen-bond acceptors (Lipinski definition) is 5. The quantitative estimate of drug-likeness (QED) is 0.342. The van der Waals surface area contributed by atoms with E-state index in [1.165, 1.54) is 0 Å². The van der Waals surface area contributed by atoms with Crippen LogP contribution in [0.5, 0.6) is 0 Å². The number of imidazole rings is 1. The Morgan fingerprint density at radius 1 is 1.03 bits per heavy atom. The molecule has 0 unspecified atom stereocenters. The molecule has 5 rings (SSSR count). The third-order valence-corrected chi connectivity index (χ3v) is 6.21. The number of fused-ring (bicyclic) bond motifs is 2. The normalized spacial score (nSPS) is 11.4. The zero-order valence-electron chi connectivity index (χ0n) is 19.1. The predicted octanol–water partition coefficient (Wildman–Crippen LogP) is 4.84. The summed E-state index contributed by atoms with van der Waals surface area (Å²) in [5, 5.41) is 4.70. The number of carbonyl (C=O) groups excluding carboxylic acids is 1. The van der Waals surface area contributed by atoms with Crippen LogP contribution in [0.15, 0.2) is 68.6 Å². The molecule has 7 heteroatoms. The van der Waals surface area contributed by atoms with E-state index in [-0.39, 0.29) is 12.3 Å². The highest BCUT2D eigenvalue weighted by molar-refractivity contribution is 6.03. The first-order chi connectivity index (χ1) is 16.5. The van der Waals surface area contributed by atoms with E-state index in [1.807, 2.05) is 38.1 Å². The molecule has 3 aromatic heterocycles. The van der Waals surface area contributed by atoms with Gasteiger partial charge in [0.25, 0.3) is 0 Å². The molecule has 0 fully saturated rings. The lowest BCUT2D eigenvalue weighted by molar-refractivity contribution is -0.121. The molecule has 0 saturated carbocycles. The molecule has 1 amide bonds. The Balaban J connectivity index is 1.42. The number of aromatic nitrogens is 2. The van der Waals surface area contributed by atoms with Gasteiger partial charge in [-0.2, -0.15) is 0 Å². The summed E-state index contributed by atoms with van der Waals surface area (Å²) >= 11 is 0. The maximum Gasteiger partial charge on any atom is 0.339 e. The van der Waals surface area contributed by atoms with Crippen LogP contribution in [0.4, 0.5) is 0 Å². The van der Waals surface area contributed by atoms with Crippen molar-refractivity contribution in [1.29, 1.82) is 0 Å². The molecule has 7 nitrogen and oxygen atoms in total. The highest BCUT2D eigenvalue weighted by Gasteiger charge is 2.18. The van der Waals surface area contributed by atoms with Gasteiger partial charge < -0.3 is 19.1 Å². The van der Waals surface area contributed by atoms with Crippen molar-refractivity contribution in [3.05, 3.63) is 88.0 Å². The van der Waals surface area contributed by atoms with Gasteiger partial charge in [-0.1, -0.05) is 30.3 Å². The van der Waals surface area contributed by atoms with Gasteiger partial charge in [-0.3, -0.25) is 4.79 Å². The van der Waals surface area contributed by atoms with Gasteiger partial charge in [0.2, 0.25) is 5.91 Å². The largest absolute Gasteiger partial charge is 0.461 e. The van der Waals surface area contributed by atoms with E-state index >= 15 is 0 Å². The number of hydrogen-bond donors (Lipinski definition) is 2. The Morgan fingerprint density at radius 3 is 2.59 bits per heavy atom. The Kier molecular flexibility index (Phi) is 5.76. The predicted molar refractivity (Wildman–Crippen MR) is 131 cm³/mol. The summed E-state index contributed by atoms with van der Waals surface area (Å²) in [5.74, 6) is 0.703. The SMILES string of the molecule is Cc1oc2cc3oc(=O)c(CCC(=O)NCCc4cnc[nH]4)c(C)c3cc2c1-c1ccccc1. The second-order valence-corrected chi connectivity index (χ2v) is 8.41. The van der Waals surface area contributed by atoms with E-state index in [9.17, 15) is 9.59 Å². The van der Waals surface area contributed by atoms with E-state index in [0.29, 0.717) is 36.1 Å². The van der Waals surface area contributed by atoms with Crippen molar-refractivity contribution in [2.24, 2.45) is 0 Å². The van der Waals surface area contributed by atoms with Crippen molar-refractivity contribution >= 4 is 27.8 Å². The zero-order valence-corrected chi connectivity index (χ0v) is 19.1. The maximum atomic E-state index is 12.7. The van der Waals surface area contributed by atoms with Crippen LogP contribution < -0.4 is 10.9 Å². The smallest absolute Gasteiger partial charge is 0.339 e. The third kappa shape index (κ3) is 4.12. The molecule has 0 atom stereocenters. The average molecular weight is 456 g/mol. The highest BCUT2D eigenvalue weighted by atomic mass is 16.4. The Hall–Kier alpha value is -4.13. The van der Waals surface area contributed by atoms with E-state index < -0.39 is 5.63 Å². The first-order valence-electron chi connectivity index (χ1n) is 11.3. The molecule has 34 heavy (non-hydrogen) atoms. The number of aryl methyl sites for hydroxylation is 2. The summed E-state index contributed by atoms with van der Waals surface area (Å²) in [7, 11) is 0. The fourth-order valence-electron chi connectivity index (χ4n) is 4.44. The standard InChI is InChI=1S/C27H25N3O4/c1-16-20(8-9-25(31)29-11-10-19-14-28-15-30-19)27(32)34-23-13-24-22(12-21(16)23)26(17(2)33-24)18-6-4-3-5-7-18/h3-7,12-15H,8-11H2,1-2H3,(H,28,30)(H,29,31). The number of H-pyrrole nitrogens is 1. The molecule has 2 N–H and O–H groups in total. The van der Waals surface area contributed by atoms with Gasteiger partial charge in [0.05, 0.1) is 6.33 Å². The number of carbonyl (C=O) groups is 1. The van der Waals surface area contributed by atoms with Crippen molar-refractivity contribution in [1.82, 2.24) is 15.3 Å². The summed E-state index contributed by atoms with van der Waals surface area (Å²) in [6.45, 7) is 4.35. The zero-order chi connectivity index (χ0) is 23.7. The first kappa shape index (κ1) is 21.7. The number of rotatable bonds is 7. The van der Waals surface area contributed by atoms with E-state index in [2.05, 4.69) is 27.4 Å². The number of benzene rings is 2. The van der Waals surface area contributed by atoms with Crippen LogP contribution >= 0.6 is 0 Å². The minimum Gasteiger partial charge on any atom is -0.461 e. The lowest BCUT2D eigenvalue weighted by atomic mass is 9.98. The molecule has 172 valence electrons. The van der Waals surface area contributed by atoms with E-state index in [4.69, 9.17) is 8.83 Å². The minimum absolute atomic E-state index is 0.106. The summed E-state index contributed by atoms with van der Waals surface area (Å²) in [5.41, 5.74) is 5.16. The number of nitrogens with zero attached hydrogens (tertiary/aromatic N) is 1. The summed E-state index contributed by atoms with van der Waals surface area (Å²) in [4.78, 5) is 32.0. The number of nitrogens with one attached hydrogen (secondary N) is 2. The van der Waals surface area contributed by atoms with Gasteiger partial charge in [0.1, 0.15) is 16.9 Å². The third-order valence-electron chi connectivity index (χ3n) is 6.21. The van der Waals surface area contributed by atoms with Crippen LogP contribution in [0.3, 0.4) is 0 Å². The van der Waals surface area contributed by atoms with E-state index in [0.717, 1.165) is 38.9 Å². The molecule has 3 heterocycles. The minimum atomic E-state index is -0.416. The molecular weight excluding hydrogens is 430 g/mol. The number of amides is 1. The van der Waals surface area contributed by atoms with Crippen LogP contribution in [-0.4, -0.2) is 22.4 Å². The van der Waals surface area contributed by atoms with Crippen molar-refractivity contribution in [3.63, 3.8) is 0 Å². The number of furan rings is 1. The van der Waals surface area contributed by atoms with Gasteiger partial charge in [-0.25, -0.2) is 9.78 Å². The Morgan fingerprint density at radius 2 is 1.82 bits per heavy atom. The average Bonchev–Trinajstić information content (AvgIpc) is 3.45. The molecule has 0 spiro atoms. The summed E-state index contributed by atoms with van der Waals surface area (Å²) in [6.07, 6.45) is 4.54. The fourth-order valence-corrected chi connectivity index (χ4v) is 4.44. The number of aromatic amines is 1. The maximum absolute atomic E-state index is 12.7. The van der Waals surface area contributed by atoms with Crippen molar-refractivity contribution in [2.75, 3.05) is 6.54 Å². The van der Waals surface area contributed by atoms with Gasteiger partial charge >= 0.3 is 5.63 Å². The first-order valence-corrected chi connectivity index (χ1v) is 11.3. The second-order valence-electron chi connectivity index (χ2n) is 8.41. The van der Waals surface area contributed by atoms with Gasteiger partial charge in [0, 0.05) is 59.2 Å². The van der Waals surface area contributed by atoms with E-state index in [1.54, 1.807) is 18.6 Å². The Bertz CT molecular complexity index is 1530. The molecule has 0 aliphatic carbocycles. The molecule has 0 aliphatic heterocycles. The monoisotopic (exact) mass is 455 g/mol. The van der Waals surface area contributed by atoms with Crippen molar-refractivity contribution < 1.29 is 13.6 Å². The molecule has 0 aliphatic rings. The molecule has 0 radical (unpaired) electrons. The van der Waals surface area contributed by atoms with Gasteiger partial charge in [-0.15, -0.1) is 0 Å². The molecular formula is C27H25N3O4. The lowest BCUT2D eigenvalue weighted by Gasteiger charge is -2.09. The lowest BCUT2D eigenvalue weighted by Crippen LogP contribution is -2.26. The summed E-state index contributed by atoms with van der Waals surface area (Å²) < 4.78 is 11.6. The van der Waals surface area contributed by atoms with Crippen molar-refractivity contribution in [3.8, 4) is 11.1 Å². The molecule has 5 aromatic rings. The molecule has 0 bridgehead atoms. The van der Waals surface area contributed by atoms with Crippen LogP contribution in [0.1, 0.15) is 29.0 Å². The topological polar surface area (TPSA) is 101 Å². The van der Waals surface area contributed by atoms with Crippen molar-refractivity contribution in [2.45, 2.75) is 33.1 Å². The van der Waals surface area contributed by atoms with Crippen LogP contribution in [0.25, 0.3) is 33.1 Å². The van der Waals surface area contributed by atoms with Gasteiger partial charge in [-0.05, 0) is 37.5 Å². The second kappa shape index (κ2) is 9.02. The Labute approximate surface area is 195 Å².